The Balaban J connectivity index is 2.24. The highest BCUT2D eigenvalue weighted by atomic mass is 35.5. The van der Waals surface area contributed by atoms with Crippen molar-refractivity contribution in [2.45, 2.75) is 11.7 Å². The van der Waals surface area contributed by atoms with Gasteiger partial charge in [-0.1, -0.05) is 11.3 Å². The molecular formula is C6H5ClFN3O3S2. The van der Waals surface area contributed by atoms with E-state index in [1.807, 2.05) is 0 Å². The lowest BCUT2D eigenvalue weighted by Gasteiger charge is -2.10. The molecule has 0 N–H and O–H groups in total. The van der Waals surface area contributed by atoms with Crippen LogP contribution in [0.15, 0.2) is 0 Å². The van der Waals surface area contributed by atoms with Crippen LogP contribution in [0.1, 0.15) is 6.42 Å². The second-order valence-electron chi connectivity index (χ2n) is 3.14. The van der Waals surface area contributed by atoms with Crippen LogP contribution in [0.4, 0.5) is 9.02 Å². The van der Waals surface area contributed by atoms with Crippen LogP contribution in [0.25, 0.3) is 0 Å². The topological polar surface area (TPSA) is 80.2 Å². The molecule has 1 unspecified atom stereocenters. The summed E-state index contributed by atoms with van der Waals surface area (Å²) in [5.41, 5.74) is 0. The van der Waals surface area contributed by atoms with Crippen LogP contribution in [0.3, 0.4) is 0 Å². The van der Waals surface area contributed by atoms with Crippen molar-refractivity contribution in [1.29, 1.82) is 0 Å². The Morgan fingerprint density at radius 1 is 1.50 bits per heavy atom. The van der Waals surface area contributed by atoms with Gasteiger partial charge in [0, 0.05) is 13.0 Å². The zero-order chi connectivity index (χ0) is 11.9. The van der Waals surface area contributed by atoms with Crippen molar-refractivity contribution in [3.05, 3.63) is 4.47 Å². The van der Waals surface area contributed by atoms with Gasteiger partial charge in [-0.05, 0) is 11.6 Å². The zero-order valence-electron chi connectivity index (χ0n) is 7.63. The largest absolute Gasteiger partial charge is 0.307 e. The summed E-state index contributed by atoms with van der Waals surface area (Å²) >= 11 is 6.46. The molecule has 0 saturated carbocycles. The molecule has 1 atom stereocenters. The summed E-state index contributed by atoms with van der Waals surface area (Å²) < 4.78 is 34.1. The molecule has 2 heterocycles. The fraction of sp³-hybridized carbons (Fsp3) is 0.500. The van der Waals surface area contributed by atoms with Crippen LogP contribution in [-0.4, -0.2) is 36.3 Å². The van der Waals surface area contributed by atoms with E-state index in [0.717, 1.165) is 16.2 Å². The molecule has 1 aromatic heterocycles. The lowest BCUT2D eigenvalue weighted by Crippen LogP contribution is -2.26. The number of nitrogens with zero attached hydrogens (tertiary/aromatic N) is 3. The number of hydrogen-bond donors (Lipinski definition) is 0. The van der Waals surface area contributed by atoms with Gasteiger partial charge in [0.25, 0.3) is 0 Å². The summed E-state index contributed by atoms with van der Waals surface area (Å²) in [6.45, 7) is -0.247. The quantitative estimate of drug-likeness (QED) is 0.743. The first kappa shape index (κ1) is 11.7. The van der Waals surface area contributed by atoms with Crippen LogP contribution in [0, 0.1) is 0 Å². The van der Waals surface area contributed by atoms with E-state index in [0.29, 0.717) is 0 Å². The van der Waals surface area contributed by atoms with Crippen molar-refractivity contribution in [3.8, 4) is 0 Å². The van der Waals surface area contributed by atoms with Crippen molar-refractivity contribution in [3.63, 3.8) is 0 Å². The van der Waals surface area contributed by atoms with E-state index in [4.69, 9.17) is 11.6 Å². The minimum Gasteiger partial charge on any atom is -0.285 e. The van der Waals surface area contributed by atoms with Gasteiger partial charge in [0.15, 0.2) is 0 Å². The molecule has 1 saturated heterocycles. The molecule has 1 aromatic rings. The highest BCUT2D eigenvalue weighted by molar-refractivity contribution is 7.87. The molecule has 1 amide bonds. The van der Waals surface area contributed by atoms with Gasteiger partial charge in [0.05, 0.1) is 0 Å². The maximum absolute atomic E-state index is 12.7. The van der Waals surface area contributed by atoms with E-state index in [1.165, 1.54) is 0 Å². The zero-order valence-corrected chi connectivity index (χ0v) is 10.0. The molecule has 88 valence electrons. The van der Waals surface area contributed by atoms with E-state index in [9.17, 15) is 17.1 Å². The van der Waals surface area contributed by atoms with Gasteiger partial charge in [-0.25, -0.2) is 0 Å². The van der Waals surface area contributed by atoms with Gasteiger partial charge >= 0.3 is 10.2 Å². The Bertz CT molecular complexity index is 531. The smallest absolute Gasteiger partial charge is 0.285 e. The van der Waals surface area contributed by atoms with Crippen molar-refractivity contribution in [2.24, 2.45) is 0 Å². The molecule has 1 fully saturated rings. The Labute approximate surface area is 99.2 Å². The maximum Gasteiger partial charge on any atom is 0.307 e. The van der Waals surface area contributed by atoms with E-state index in [1.54, 1.807) is 0 Å². The number of anilines is 1. The number of aromatic nitrogens is 2. The predicted octanol–water partition coefficient (Wildman–Crippen LogP) is 0.596. The Morgan fingerprint density at radius 2 is 2.19 bits per heavy atom. The number of carbonyl (C=O) groups is 1. The minimum atomic E-state index is -4.71. The summed E-state index contributed by atoms with van der Waals surface area (Å²) in [6, 6.07) is 0. The Kier molecular flexibility index (Phi) is 2.84. The SMILES string of the molecule is O=C1CC(S(=O)(=O)F)CN1c1nnc(Cl)s1. The van der Waals surface area contributed by atoms with Crippen LogP contribution < -0.4 is 4.90 Å². The molecule has 0 aromatic carbocycles. The Morgan fingerprint density at radius 3 is 2.62 bits per heavy atom. The third-order valence-corrected chi connectivity index (χ3v) is 4.26. The summed E-state index contributed by atoms with van der Waals surface area (Å²) in [7, 11) is -4.71. The van der Waals surface area contributed by atoms with Crippen molar-refractivity contribution < 1.29 is 17.1 Å². The molecule has 6 nitrogen and oxygen atoms in total. The highest BCUT2D eigenvalue weighted by Gasteiger charge is 2.40. The third kappa shape index (κ3) is 2.15. The van der Waals surface area contributed by atoms with Gasteiger partial charge in [-0.15, -0.1) is 14.1 Å². The third-order valence-electron chi connectivity index (χ3n) is 2.11. The van der Waals surface area contributed by atoms with Gasteiger partial charge in [-0.2, -0.15) is 8.42 Å². The van der Waals surface area contributed by atoms with E-state index >= 15 is 0 Å². The molecule has 2 rings (SSSR count). The first-order valence-electron chi connectivity index (χ1n) is 4.11. The van der Waals surface area contributed by atoms with Crippen LogP contribution >= 0.6 is 22.9 Å². The van der Waals surface area contributed by atoms with E-state index in [2.05, 4.69) is 10.2 Å². The molecule has 0 bridgehead atoms. The lowest BCUT2D eigenvalue weighted by molar-refractivity contribution is -0.117. The molecular weight excluding hydrogens is 281 g/mol. The van der Waals surface area contributed by atoms with Crippen molar-refractivity contribution in [1.82, 2.24) is 10.2 Å². The van der Waals surface area contributed by atoms with Gasteiger partial charge < -0.3 is 0 Å². The van der Waals surface area contributed by atoms with Gasteiger partial charge in [-0.3, -0.25) is 9.69 Å². The number of halogens is 2. The number of hydrogen-bond acceptors (Lipinski definition) is 6. The van der Waals surface area contributed by atoms with Gasteiger partial charge in [0.2, 0.25) is 15.5 Å². The maximum atomic E-state index is 12.7. The predicted molar refractivity (Wildman–Crippen MR) is 55.7 cm³/mol. The minimum absolute atomic E-state index is 0.134. The molecule has 10 heteroatoms. The summed E-state index contributed by atoms with van der Waals surface area (Å²) in [4.78, 5) is 12.5. The summed E-state index contributed by atoms with van der Waals surface area (Å²) in [5, 5.41) is 5.92. The first-order valence-corrected chi connectivity index (χ1v) is 6.75. The van der Waals surface area contributed by atoms with Crippen LogP contribution in [0.2, 0.25) is 4.47 Å². The fourth-order valence-corrected chi connectivity index (χ4v) is 2.87. The Hall–Kier alpha value is -0.800. The molecule has 1 aliphatic heterocycles. The average Bonchev–Trinajstić information content (AvgIpc) is 2.70. The monoisotopic (exact) mass is 285 g/mol. The molecule has 0 radical (unpaired) electrons. The van der Waals surface area contributed by atoms with E-state index in [-0.39, 0.29) is 22.6 Å². The molecule has 0 aliphatic carbocycles. The second kappa shape index (κ2) is 3.90. The fourth-order valence-electron chi connectivity index (χ4n) is 1.36. The molecule has 16 heavy (non-hydrogen) atoms. The second-order valence-corrected chi connectivity index (χ2v) is 6.30. The van der Waals surface area contributed by atoms with Crippen molar-refractivity contribution in [2.75, 3.05) is 11.4 Å². The molecule has 0 spiro atoms. The highest BCUT2D eigenvalue weighted by Crippen LogP contribution is 2.29. The average molecular weight is 286 g/mol. The number of amides is 1. The van der Waals surface area contributed by atoms with Crippen LogP contribution in [0.5, 0.6) is 0 Å². The van der Waals surface area contributed by atoms with Crippen molar-refractivity contribution >= 4 is 44.2 Å². The van der Waals surface area contributed by atoms with E-state index < -0.39 is 21.4 Å². The lowest BCUT2D eigenvalue weighted by atomic mass is 10.4. The number of rotatable bonds is 2. The normalized spacial score (nSPS) is 21.8. The summed E-state index contributed by atoms with van der Waals surface area (Å²) in [5.74, 6) is -0.501. The standard InChI is InChI=1S/C6H5ClFN3O3S2/c7-5-9-10-6(15-5)11-2-3(1-4(11)12)16(8,13)14/h3H,1-2H2. The number of carbonyl (C=O) groups excluding carboxylic acids is 1. The van der Waals surface area contributed by atoms with Crippen LogP contribution in [-0.2, 0) is 15.0 Å². The molecule has 1 aliphatic rings. The summed E-state index contributed by atoms with van der Waals surface area (Å²) in [6.07, 6.45) is -0.379. The van der Waals surface area contributed by atoms with Gasteiger partial charge in [0.1, 0.15) is 5.25 Å². The first-order chi connectivity index (χ1) is 7.38.